The van der Waals surface area contributed by atoms with E-state index in [4.69, 9.17) is 4.42 Å². The van der Waals surface area contributed by atoms with Crippen molar-refractivity contribution in [3.63, 3.8) is 0 Å². The van der Waals surface area contributed by atoms with Crippen LogP contribution in [0.25, 0.3) is 11.0 Å². The fraction of sp³-hybridized carbons (Fsp3) is 0.438. The Morgan fingerprint density at radius 1 is 1.42 bits per heavy atom. The predicted molar refractivity (Wildman–Crippen MR) is 84.6 cm³/mol. The standard InChI is InChI=1S/C16H18FNO5S/c1-9-13-8-11(17)5-6-14(13)23-16(9)24(21,22)18-7-3-4-12(10(18)2)15(19)20/h5-6,8,10,12H,3-4,7H2,1-2H3,(H,19,20)/t10-,12-/m1/s1. The molecule has 3 rings (SSSR count). The Morgan fingerprint density at radius 2 is 2.12 bits per heavy atom. The van der Waals surface area contributed by atoms with Crippen molar-refractivity contribution in [2.24, 2.45) is 5.92 Å². The first-order valence-electron chi connectivity index (χ1n) is 7.67. The highest BCUT2D eigenvalue weighted by atomic mass is 32.2. The number of carbonyl (C=O) groups is 1. The van der Waals surface area contributed by atoms with E-state index >= 15 is 0 Å². The fourth-order valence-corrected chi connectivity index (χ4v) is 5.16. The first-order valence-corrected chi connectivity index (χ1v) is 9.11. The van der Waals surface area contributed by atoms with Gasteiger partial charge in [0.2, 0.25) is 5.09 Å². The molecule has 0 bridgehead atoms. The second kappa shape index (κ2) is 5.86. The summed E-state index contributed by atoms with van der Waals surface area (Å²) in [5.74, 6) is -2.24. The average Bonchev–Trinajstić information content (AvgIpc) is 2.84. The van der Waals surface area contributed by atoms with Gasteiger partial charge in [-0.3, -0.25) is 4.79 Å². The number of rotatable bonds is 3. The van der Waals surface area contributed by atoms with E-state index in [9.17, 15) is 22.7 Å². The van der Waals surface area contributed by atoms with Crippen LogP contribution in [0.5, 0.6) is 0 Å². The summed E-state index contributed by atoms with van der Waals surface area (Å²) in [6, 6.07) is 3.14. The molecule has 6 nitrogen and oxygen atoms in total. The molecule has 0 spiro atoms. The lowest BCUT2D eigenvalue weighted by Gasteiger charge is -2.35. The average molecular weight is 355 g/mol. The number of sulfonamides is 1. The van der Waals surface area contributed by atoms with E-state index in [1.54, 1.807) is 13.8 Å². The van der Waals surface area contributed by atoms with E-state index in [-0.39, 0.29) is 17.2 Å². The van der Waals surface area contributed by atoms with Crippen molar-refractivity contribution in [2.75, 3.05) is 6.54 Å². The van der Waals surface area contributed by atoms with Gasteiger partial charge in [-0.1, -0.05) is 0 Å². The quantitative estimate of drug-likeness (QED) is 0.915. The van der Waals surface area contributed by atoms with Crippen molar-refractivity contribution in [2.45, 2.75) is 37.8 Å². The van der Waals surface area contributed by atoms with Crippen LogP contribution in [0.3, 0.4) is 0 Å². The lowest BCUT2D eigenvalue weighted by atomic mass is 9.92. The maximum Gasteiger partial charge on any atom is 0.308 e. The molecular formula is C16H18FNO5S. The van der Waals surface area contributed by atoms with Crippen LogP contribution in [0.2, 0.25) is 0 Å². The number of carboxylic acids is 1. The third-order valence-corrected chi connectivity index (χ3v) is 6.64. The van der Waals surface area contributed by atoms with E-state index < -0.39 is 33.8 Å². The van der Waals surface area contributed by atoms with Gasteiger partial charge in [0, 0.05) is 23.5 Å². The first kappa shape index (κ1) is 16.9. The van der Waals surface area contributed by atoms with Crippen LogP contribution in [-0.4, -0.2) is 36.4 Å². The molecule has 1 aliphatic rings. The van der Waals surface area contributed by atoms with Crippen LogP contribution in [0.4, 0.5) is 4.39 Å². The van der Waals surface area contributed by atoms with Crippen molar-refractivity contribution in [1.29, 1.82) is 0 Å². The molecular weight excluding hydrogens is 337 g/mol. The summed E-state index contributed by atoms with van der Waals surface area (Å²) in [6.07, 6.45) is 0.904. The summed E-state index contributed by atoms with van der Waals surface area (Å²) in [6.45, 7) is 3.38. The first-order chi connectivity index (χ1) is 11.2. The molecule has 8 heteroatoms. The van der Waals surface area contributed by atoms with Gasteiger partial charge in [0.15, 0.2) is 0 Å². The summed E-state index contributed by atoms with van der Waals surface area (Å²) in [5, 5.41) is 9.42. The summed E-state index contributed by atoms with van der Waals surface area (Å²) < 4.78 is 46.0. The minimum Gasteiger partial charge on any atom is -0.481 e. The number of aliphatic carboxylic acids is 1. The van der Waals surface area contributed by atoms with Crippen LogP contribution in [0, 0.1) is 18.7 Å². The monoisotopic (exact) mass is 355 g/mol. The number of fused-ring (bicyclic) bond motifs is 1. The van der Waals surface area contributed by atoms with Gasteiger partial charge < -0.3 is 9.52 Å². The SMILES string of the molecule is Cc1c(S(=O)(=O)N2CCC[C@@H](C(=O)O)[C@H]2C)oc2ccc(F)cc12. The van der Waals surface area contributed by atoms with E-state index in [0.29, 0.717) is 23.8 Å². The van der Waals surface area contributed by atoms with Crippen molar-refractivity contribution < 1.29 is 27.1 Å². The van der Waals surface area contributed by atoms with Crippen molar-refractivity contribution >= 4 is 27.0 Å². The summed E-state index contributed by atoms with van der Waals surface area (Å²) in [4.78, 5) is 11.3. The van der Waals surface area contributed by atoms with Crippen LogP contribution < -0.4 is 0 Å². The number of hydrogen-bond donors (Lipinski definition) is 1. The molecule has 0 radical (unpaired) electrons. The van der Waals surface area contributed by atoms with Crippen LogP contribution >= 0.6 is 0 Å². The van der Waals surface area contributed by atoms with Gasteiger partial charge in [-0.05, 0) is 44.9 Å². The lowest BCUT2D eigenvalue weighted by molar-refractivity contribution is -0.144. The van der Waals surface area contributed by atoms with Crippen molar-refractivity contribution in [1.82, 2.24) is 4.31 Å². The van der Waals surface area contributed by atoms with Gasteiger partial charge in [0.25, 0.3) is 10.0 Å². The highest BCUT2D eigenvalue weighted by Gasteiger charge is 2.41. The zero-order chi connectivity index (χ0) is 17.6. The molecule has 1 aromatic heterocycles. The largest absolute Gasteiger partial charge is 0.481 e. The molecule has 130 valence electrons. The minimum absolute atomic E-state index is 0.234. The topological polar surface area (TPSA) is 87.8 Å². The van der Waals surface area contributed by atoms with Crippen molar-refractivity contribution in [3.05, 3.63) is 29.6 Å². The smallest absolute Gasteiger partial charge is 0.308 e. The molecule has 2 atom stereocenters. The highest BCUT2D eigenvalue weighted by molar-refractivity contribution is 7.89. The van der Waals surface area contributed by atoms with Crippen LogP contribution in [0.15, 0.2) is 27.7 Å². The number of nitrogens with zero attached hydrogens (tertiary/aromatic N) is 1. The van der Waals surface area contributed by atoms with Gasteiger partial charge in [-0.15, -0.1) is 0 Å². The molecule has 1 aliphatic heterocycles. The molecule has 0 saturated carbocycles. The zero-order valence-electron chi connectivity index (χ0n) is 13.3. The van der Waals surface area contributed by atoms with Crippen molar-refractivity contribution in [3.8, 4) is 0 Å². The lowest BCUT2D eigenvalue weighted by Crippen LogP contribution is -2.49. The van der Waals surface area contributed by atoms with E-state index in [1.807, 2.05) is 0 Å². The number of piperidine rings is 1. The molecule has 0 aliphatic carbocycles. The number of hydrogen-bond acceptors (Lipinski definition) is 4. The Morgan fingerprint density at radius 3 is 2.79 bits per heavy atom. The van der Waals surface area contributed by atoms with E-state index in [0.717, 1.165) is 0 Å². The summed E-state index contributed by atoms with van der Waals surface area (Å²) in [7, 11) is -4.00. The minimum atomic E-state index is -4.00. The maximum atomic E-state index is 13.4. The number of carboxylic acid groups (broad SMARTS) is 1. The predicted octanol–water partition coefficient (Wildman–Crippen LogP) is 2.75. The number of aryl methyl sites for hydroxylation is 1. The van der Waals surface area contributed by atoms with Crippen LogP contribution in [-0.2, 0) is 14.8 Å². The zero-order valence-corrected chi connectivity index (χ0v) is 14.1. The third-order valence-electron chi connectivity index (χ3n) is 4.64. The summed E-state index contributed by atoms with van der Waals surface area (Å²) in [5.41, 5.74) is 0.612. The molecule has 2 heterocycles. The normalized spacial score (nSPS) is 22.8. The molecule has 0 amide bonds. The Labute approximate surface area is 138 Å². The molecule has 1 aromatic carbocycles. The second-order valence-electron chi connectivity index (χ2n) is 6.10. The molecule has 1 N–H and O–H groups in total. The van der Waals surface area contributed by atoms with E-state index in [2.05, 4.69) is 0 Å². The number of benzene rings is 1. The Balaban J connectivity index is 2.07. The van der Waals surface area contributed by atoms with Gasteiger partial charge in [-0.25, -0.2) is 12.8 Å². The number of furan rings is 1. The highest BCUT2D eigenvalue weighted by Crippen LogP contribution is 2.34. The summed E-state index contributed by atoms with van der Waals surface area (Å²) >= 11 is 0. The molecule has 0 unspecified atom stereocenters. The Kier molecular flexibility index (Phi) is 4.13. The van der Waals surface area contributed by atoms with Gasteiger partial charge in [0.05, 0.1) is 5.92 Å². The molecule has 24 heavy (non-hydrogen) atoms. The molecule has 1 fully saturated rings. The third kappa shape index (κ3) is 2.59. The Bertz CT molecular complexity index is 905. The molecule has 2 aromatic rings. The molecule has 1 saturated heterocycles. The fourth-order valence-electron chi connectivity index (χ4n) is 3.30. The maximum absolute atomic E-state index is 13.4. The van der Waals surface area contributed by atoms with Crippen LogP contribution in [0.1, 0.15) is 25.3 Å². The van der Waals surface area contributed by atoms with Gasteiger partial charge in [0.1, 0.15) is 11.4 Å². The Hall–Kier alpha value is -1.93. The van der Waals surface area contributed by atoms with Gasteiger partial charge in [-0.2, -0.15) is 4.31 Å². The van der Waals surface area contributed by atoms with E-state index in [1.165, 1.54) is 22.5 Å². The second-order valence-corrected chi connectivity index (χ2v) is 7.89. The number of halogens is 1. The van der Waals surface area contributed by atoms with Gasteiger partial charge >= 0.3 is 5.97 Å².